The lowest BCUT2D eigenvalue weighted by Crippen LogP contribution is -2.22. The average molecular weight is 532 g/mol. The van der Waals surface area contributed by atoms with Gasteiger partial charge in [-0.25, -0.2) is 9.38 Å². The average Bonchev–Trinajstić information content (AvgIpc) is 3.26. The zero-order valence-electron chi connectivity index (χ0n) is 15.8. The second-order valence-electron chi connectivity index (χ2n) is 6.85. The monoisotopic (exact) mass is 530 g/mol. The molecule has 0 saturated heterocycles. The van der Waals surface area contributed by atoms with Crippen molar-refractivity contribution in [1.29, 1.82) is 0 Å². The van der Waals surface area contributed by atoms with Crippen LogP contribution in [0.3, 0.4) is 0 Å². The van der Waals surface area contributed by atoms with Gasteiger partial charge in [-0.3, -0.25) is 4.79 Å². The molecule has 0 N–H and O–H groups in total. The molecule has 5 aromatic rings. The number of halogens is 3. The highest BCUT2D eigenvalue weighted by molar-refractivity contribution is 9.10. The van der Waals surface area contributed by atoms with E-state index in [0.29, 0.717) is 31.9 Å². The highest BCUT2D eigenvalue weighted by Crippen LogP contribution is 2.27. The third kappa shape index (κ3) is 3.96. The summed E-state index contributed by atoms with van der Waals surface area (Å²) < 4.78 is 9.17. The normalized spacial score (nSPS) is 12.2. The molecule has 0 spiro atoms. The molecule has 3 aromatic carbocycles. The van der Waals surface area contributed by atoms with Crippen molar-refractivity contribution in [2.45, 2.75) is 6.61 Å². The molecule has 8 heteroatoms. The zero-order valence-corrected chi connectivity index (χ0v) is 19.7. The number of ether oxygens (including phenoxy) is 1. The number of hydrogen-bond acceptors (Lipinski definition) is 4. The predicted octanol–water partition coefficient (Wildman–Crippen LogP) is 6.11. The Morgan fingerprint density at radius 3 is 2.74 bits per heavy atom. The fourth-order valence-electron chi connectivity index (χ4n) is 3.31. The van der Waals surface area contributed by atoms with E-state index < -0.39 is 0 Å². The van der Waals surface area contributed by atoms with E-state index >= 15 is 0 Å². The van der Waals surface area contributed by atoms with Gasteiger partial charge in [0.05, 0.1) is 25.6 Å². The molecule has 0 aliphatic heterocycles. The van der Waals surface area contributed by atoms with Crippen molar-refractivity contribution in [1.82, 2.24) is 9.38 Å². The molecule has 0 saturated carbocycles. The first-order valence-corrected chi connectivity index (χ1v) is 11.6. The van der Waals surface area contributed by atoms with Crippen LogP contribution in [0.25, 0.3) is 22.1 Å². The first-order chi connectivity index (χ1) is 15.0. The van der Waals surface area contributed by atoms with Gasteiger partial charge in [-0.2, -0.15) is 0 Å². The maximum atomic E-state index is 13.1. The molecule has 154 valence electrons. The molecule has 0 aliphatic rings. The number of imidazole rings is 1. The Balaban J connectivity index is 1.55. The largest absolute Gasteiger partial charge is 0.488 e. The zero-order chi connectivity index (χ0) is 21.5. The van der Waals surface area contributed by atoms with Gasteiger partial charge in [-0.05, 0) is 54.1 Å². The van der Waals surface area contributed by atoms with Crippen LogP contribution in [0.2, 0.25) is 10.0 Å². The van der Waals surface area contributed by atoms with E-state index in [1.54, 1.807) is 16.5 Å². The number of aromatic nitrogens is 2. The molecule has 0 fully saturated rings. The Kier molecular flexibility index (Phi) is 5.48. The third-order valence-electron chi connectivity index (χ3n) is 4.78. The van der Waals surface area contributed by atoms with E-state index in [9.17, 15) is 4.79 Å². The number of rotatable bonds is 4. The maximum Gasteiger partial charge on any atom is 0.274 e. The highest BCUT2D eigenvalue weighted by atomic mass is 79.9. The Bertz CT molecular complexity index is 1560. The van der Waals surface area contributed by atoms with Gasteiger partial charge >= 0.3 is 0 Å². The van der Waals surface area contributed by atoms with Crippen LogP contribution in [0.15, 0.2) is 69.9 Å². The molecule has 0 atom stereocenters. The number of para-hydroxylation sites is 2. The van der Waals surface area contributed by atoms with E-state index in [1.807, 2.05) is 54.6 Å². The van der Waals surface area contributed by atoms with E-state index in [2.05, 4.69) is 20.9 Å². The Labute approximate surface area is 199 Å². The van der Waals surface area contributed by atoms with Crippen LogP contribution in [0.1, 0.15) is 11.1 Å². The standard InChI is InChI=1S/C23H13BrCl2N2O2S/c24-15-6-8-20(30-12-13-5-7-16(25)17(26)9-13)14(10-15)11-21-22(29)28-19-4-2-1-3-18(19)27-23(28)31-21/h1-11H,12H2/b21-11-. The first kappa shape index (κ1) is 20.5. The van der Waals surface area contributed by atoms with Crippen LogP contribution >= 0.6 is 50.5 Å². The molecule has 2 aromatic heterocycles. The van der Waals surface area contributed by atoms with Crippen molar-refractivity contribution in [3.63, 3.8) is 0 Å². The van der Waals surface area contributed by atoms with Crippen molar-refractivity contribution < 1.29 is 4.74 Å². The van der Waals surface area contributed by atoms with Gasteiger partial charge in [0.15, 0.2) is 4.96 Å². The fourth-order valence-corrected chi connectivity index (χ4v) is 4.98. The number of hydrogen-bond donors (Lipinski definition) is 0. The predicted molar refractivity (Wildman–Crippen MR) is 131 cm³/mol. The summed E-state index contributed by atoms with van der Waals surface area (Å²) in [7, 11) is 0. The summed E-state index contributed by atoms with van der Waals surface area (Å²) in [5.74, 6) is 0.657. The number of fused-ring (bicyclic) bond motifs is 3. The summed E-state index contributed by atoms with van der Waals surface area (Å²) in [4.78, 5) is 18.3. The van der Waals surface area contributed by atoms with Crippen molar-refractivity contribution in [3.8, 4) is 5.75 Å². The SMILES string of the molecule is O=c1/c(=C/c2cc(Br)ccc2OCc2ccc(Cl)c(Cl)c2)sc2nc3ccccc3n12. The summed E-state index contributed by atoms with van der Waals surface area (Å²) in [6, 6.07) is 18.7. The molecule has 0 amide bonds. The van der Waals surface area contributed by atoms with Crippen molar-refractivity contribution in [2.24, 2.45) is 0 Å². The molecule has 5 rings (SSSR count). The Morgan fingerprint density at radius 1 is 1.06 bits per heavy atom. The van der Waals surface area contributed by atoms with Gasteiger partial charge in [0.2, 0.25) is 0 Å². The van der Waals surface area contributed by atoms with Crippen LogP contribution in [-0.4, -0.2) is 9.38 Å². The highest BCUT2D eigenvalue weighted by Gasteiger charge is 2.12. The molecule has 4 nitrogen and oxygen atoms in total. The van der Waals surface area contributed by atoms with Crippen LogP contribution in [0.4, 0.5) is 0 Å². The minimum atomic E-state index is -0.0934. The van der Waals surface area contributed by atoms with E-state index in [-0.39, 0.29) is 5.56 Å². The van der Waals surface area contributed by atoms with E-state index in [0.717, 1.165) is 26.6 Å². The molecule has 2 heterocycles. The Morgan fingerprint density at radius 2 is 1.90 bits per heavy atom. The summed E-state index contributed by atoms with van der Waals surface area (Å²) in [6.07, 6.45) is 1.84. The van der Waals surface area contributed by atoms with Gasteiger partial charge in [-0.1, -0.05) is 68.7 Å². The molecular formula is C23H13BrCl2N2O2S. The molecular weight excluding hydrogens is 519 g/mol. The summed E-state index contributed by atoms with van der Waals surface area (Å²) in [5.41, 5.74) is 3.22. The minimum absolute atomic E-state index is 0.0934. The summed E-state index contributed by atoms with van der Waals surface area (Å²) in [6.45, 7) is 0.321. The molecule has 0 radical (unpaired) electrons. The smallest absolute Gasteiger partial charge is 0.274 e. The molecule has 31 heavy (non-hydrogen) atoms. The quantitative estimate of drug-likeness (QED) is 0.281. The van der Waals surface area contributed by atoms with Gasteiger partial charge in [0, 0.05) is 10.0 Å². The van der Waals surface area contributed by atoms with Gasteiger partial charge in [-0.15, -0.1) is 0 Å². The summed E-state index contributed by atoms with van der Waals surface area (Å²) in [5, 5.41) is 0.983. The lowest BCUT2D eigenvalue weighted by atomic mass is 10.2. The molecule has 0 aliphatic carbocycles. The Hall–Kier alpha value is -2.38. The maximum absolute atomic E-state index is 13.1. The topological polar surface area (TPSA) is 43.6 Å². The molecule has 0 unspecified atom stereocenters. The van der Waals surface area contributed by atoms with Gasteiger partial charge < -0.3 is 4.74 Å². The lowest BCUT2D eigenvalue weighted by Gasteiger charge is -2.10. The fraction of sp³-hybridized carbons (Fsp3) is 0.0435. The number of benzene rings is 3. The van der Waals surface area contributed by atoms with Crippen LogP contribution in [0, 0.1) is 0 Å². The second-order valence-corrected chi connectivity index (χ2v) is 9.59. The minimum Gasteiger partial charge on any atom is -0.488 e. The van der Waals surface area contributed by atoms with Gasteiger partial charge in [0.1, 0.15) is 12.4 Å². The number of thiazole rings is 1. The van der Waals surface area contributed by atoms with Crippen LogP contribution < -0.4 is 14.8 Å². The van der Waals surface area contributed by atoms with E-state index in [4.69, 9.17) is 27.9 Å². The first-order valence-electron chi connectivity index (χ1n) is 9.27. The van der Waals surface area contributed by atoms with E-state index in [1.165, 1.54) is 11.3 Å². The number of nitrogens with zero attached hydrogens (tertiary/aromatic N) is 2. The van der Waals surface area contributed by atoms with Crippen LogP contribution in [-0.2, 0) is 6.61 Å². The van der Waals surface area contributed by atoms with Crippen molar-refractivity contribution in [3.05, 3.63) is 101 Å². The van der Waals surface area contributed by atoms with Crippen molar-refractivity contribution in [2.75, 3.05) is 0 Å². The van der Waals surface area contributed by atoms with Crippen molar-refractivity contribution >= 4 is 72.5 Å². The summed E-state index contributed by atoms with van der Waals surface area (Å²) >= 11 is 16.9. The molecule has 0 bridgehead atoms. The van der Waals surface area contributed by atoms with Crippen LogP contribution in [0.5, 0.6) is 5.75 Å². The lowest BCUT2D eigenvalue weighted by molar-refractivity contribution is 0.305. The second kappa shape index (κ2) is 8.28. The van der Waals surface area contributed by atoms with Gasteiger partial charge in [0.25, 0.3) is 5.56 Å². The third-order valence-corrected chi connectivity index (χ3v) is 6.98.